The Labute approximate surface area is 141 Å². The van der Waals surface area contributed by atoms with Crippen molar-refractivity contribution >= 4 is 11.9 Å². The van der Waals surface area contributed by atoms with Crippen LogP contribution in [0.3, 0.4) is 0 Å². The zero-order valence-electron chi connectivity index (χ0n) is 14.2. The highest BCUT2D eigenvalue weighted by Crippen LogP contribution is 2.20. The second-order valence-corrected chi connectivity index (χ2v) is 6.16. The van der Waals surface area contributed by atoms with Crippen LogP contribution in [0, 0.1) is 0 Å². The fourth-order valence-electron chi connectivity index (χ4n) is 3.03. The molecule has 0 aliphatic carbocycles. The number of nitrogens with zero attached hydrogens (tertiary/aromatic N) is 5. The van der Waals surface area contributed by atoms with Crippen LogP contribution in [0.2, 0.25) is 0 Å². The molecule has 132 valence electrons. The highest BCUT2D eigenvalue weighted by atomic mass is 16.5. The van der Waals surface area contributed by atoms with Gasteiger partial charge in [0.2, 0.25) is 11.8 Å². The molecule has 1 aromatic rings. The predicted octanol–water partition coefficient (Wildman–Crippen LogP) is -0.138. The smallest absolute Gasteiger partial charge is 0.324 e. The average Bonchev–Trinajstić information content (AvgIpc) is 3.20. The molecular formula is C15H24N6O3. The first-order valence-electron chi connectivity index (χ1n) is 8.45. The number of hydrogen-bond donors (Lipinski definition) is 1. The maximum atomic E-state index is 11.6. The van der Waals surface area contributed by atoms with E-state index in [1.807, 2.05) is 6.92 Å². The summed E-state index contributed by atoms with van der Waals surface area (Å²) in [4.78, 5) is 33.4. The lowest BCUT2D eigenvalue weighted by atomic mass is 10.2. The normalized spacial score (nSPS) is 21.3. The van der Waals surface area contributed by atoms with Gasteiger partial charge in [0.1, 0.15) is 0 Å². The third kappa shape index (κ3) is 3.57. The van der Waals surface area contributed by atoms with Gasteiger partial charge in [-0.15, -0.1) is 0 Å². The minimum atomic E-state index is -0.282. The summed E-state index contributed by atoms with van der Waals surface area (Å²) in [5.74, 6) is 1.26. The molecule has 9 nitrogen and oxygen atoms in total. The van der Waals surface area contributed by atoms with Crippen molar-refractivity contribution in [3.05, 3.63) is 11.7 Å². The summed E-state index contributed by atoms with van der Waals surface area (Å²) in [5.41, 5.74) is 0. The Morgan fingerprint density at radius 1 is 1.21 bits per heavy atom. The van der Waals surface area contributed by atoms with Crippen molar-refractivity contribution in [2.24, 2.45) is 0 Å². The van der Waals surface area contributed by atoms with Gasteiger partial charge in [-0.05, 0) is 6.92 Å². The van der Waals surface area contributed by atoms with Gasteiger partial charge in [-0.25, -0.2) is 4.79 Å². The maximum Gasteiger partial charge on any atom is 0.324 e. The number of carbonyl (C=O) groups is 2. The minimum Gasteiger partial charge on any atom is -0.338 e. The van der Waals surface area contributed by atoms with Crippen LogP contribution in [0.5, 0.6) is 0 Å². The molecule has 1 atom stereocenters. The largest absolute Gasteiger partial charge is 0.338 e. The van der Waals surface area contributed by atoms with Gasteiger partial charge in [-0.2, -0.15) is 4.98 Å². The van der Waals surface area contributed by atoms with Crippen molar-refractivity contribution in [3.8, 4) is 0 Å². The zero-order valence-corrected chi connectivity index (χ0v) is 14.2. The van der Waals surface area contributed by atoms with Crippen LogP contribution in [-0.4, -0.2) is 82.6 Å². The summed E-state index contributed by atoms with van der Waals surface area (Å²) in [6.45, 7) is 8.93. The van der Waals surface area contributed by atoms with E-state index in [0.29, 0.717) is 19.0 Å². The number of urea groups is 1. The summed E-state index contributed by atoms with van der Waals surface area (Å²) < 4.78 is 5.33. The van der Waals surface area contributed by atoms with Crippen LogP contribution in [0.15, 0.2) is 4.52 Å². The molecule has 2 fully saturated rings. The van der Waals surface area contributed by atoms with E-state index < -0.39 is 0 Å². The quantitative estimate of drug-likeness (QED) is 0.723. The van der Waals surface area contributed by atoms with E-state index in [1.54, 1.807) is 0 Å². The Bertz CT molecular complexity index is 580. The van der Waals surface area contributed by atoms with Gasteiger partial charge in [0, 0.05) is 45.7 Å². The fourth-order valence-corrected chi connectivity index (χ4v) is 3.03. The Morgan fingerprint density at radius 2 is 1.96 bits per heavy atom. The minimum absolute atomic E-state index is 0.103. The summed E-state index contributed by atoms with van der Waals surface area (Å²) in [5, 5.41) is 6.50. The molecule has 1 N–H and O–H groups in total. The summed E-state index contributed by atoms with van der Waals surface area (Å²) in [6.07, 6.45) is 0.771. The summed E-state index contributed by atoms with van der Waals surface area (Å²) >= 11 is 0. The highest BCUT2D eigenvalue weighted by Gasteiger charge is 2.30. The van der Waals surface area contributed by atoms with Gasteiger partial charge in [0.05, 0.1) is 12.6 Å². The van der Waals surface area contributed by atoms with Crippen molar-refractivity contribution in [3.63, 3.8) is 0 Å². The zero-order chi connectivity index (χ0) is 17.1. The number of amides is 3. The molecule has 2 aliphatic heterocycles. The van der Waals surface area contributed by atoms with Gasteiger partial charge in [-0.3, -0.25) is 19.5 Å². The third-order valence-corrected chi connectivity index (χ3v) is 4.69. The molecular weight excluding hydrogens is 312 g/mol. The van der Waals surface area contributed by atoms with Crippen LogP contribution in [-0.2, 0) is 11.2 Å². The molecule has 3 heterocycles. The van der Waals surface area contributed by atoms with E-state index in [4.69, 9.17) is 4.52 Å². The van der Waals surface area contributed by atoms with Gasteiger partial charge in [-0.1, -0.05) is 12.1 Å². The van der Waals surface area contributed by atoms with Crippen LogP contribution in [0.1, 0.15) is 31.6 Å². The lowest BCUT2D eigenvalue weighted by Gasteiger charge is -2.37. The third-order valence-electron chi connectivity index (χ3n) is 4.69. The van der Waals surface area contributed by atoms with E-state index in [9.17, 15) is 9.59 Å². The van der Waals surface area contributed by atoms with Gasteiger partial charge in [0.15, 0.2) is 5.82 Å². The fraction of sp³-hybridized carbons (Fsp3) is 0.733. The van der Waals surface area contributed by atoms with Gasteiger partial charge >= 0.3 is 6.03 Å². The second-order valence-electron chi connectivity index (χ2n) is 6.16. The molecule has 24 heavy (non-hydrogen) atoms. The lowest BCUT2D eigenvalue weighted by Crippen LogP contribution is -2.49. The van der Waals surface area contributed by atoms with Crippen molar-refractivity contribution < 1.29 is 14.1 Å². The highest BCUT2D eigenvalue weighted by molar-refractivity contribution is 6.01. The van der Waals surface area contributed by atoms with Crippen molar-refractivity contribution in [1.29, 1.82) is 0 Å². The Morgan fingerprint density at radius 3 is 2.54 bits per heavy atom. The topological polar surface area (TPSA) is 94.8 Å². The van der Waals surface area contributed by atoms with E-state index in [-0.39, 0.29) is 24.5 Å². The first kappa shape index (κ1) is 16.8. The Hall–Kier alpha value is -2.00. The lowest BCUT2D eigenvalue weighted by molar-refractivity contribution is -0.125. The standard InChI is InChI=1S/C15H24N6O3/c1-3-12-17-14(24-18-12)11(2)20-7-4-19(5-8-20)6-9-21-13(22)10-16-15(21)23/h11H,3-10H2,1-2H3,(H,16,23)/t11-/m1/s1. The first-order valence-corrected chi connectivity index (χ1v) is 8.45. The molecule has 0 saturated carbocycles. The summed E-state index contributed by atoms with van der Waals surface area (Å²) in [7, 11) is 0. The maximum absolute atomic E-state index is 11.6. The van der Waals surface area contributed by atoms with Crippen molar-refractivity contribution in [2.45, 2.75) is 26.3 Å². The molecule has 2 saturated heterocycles. The molecule has 3 amide bonds. The number of rotatable bonds is 6. The average molecular weight is 336 g/mol. The molecule has 0 bridgehead atoms. The number of hydrogen-bond acceptors (Lipinski definition) is 7. The van der Waals surface area contributed by atoms with Crippen LogP contribution >= 0.6 is 0 Å². The SMILES string of the molecule is CCc1noc([C@@H](C)N2CCN(CCN3C(=O)CNC3=O)CC2)n1. The molecule has 0 spiro atoms. The molecule has 1 aromatic heterocycles. The van der Waals surface area contributed by atoms with Crippen molar-refractivity contribution in [1.82, 2.24) is 30.2 Å². The van der Waals surface area contributed by atoms with Gasteiger partial charge < -0.3 is 9.84 Å². The predicted molar refractivity (Wildman–Crippen MR) is 85.2 cm³/mol. The molecule has 9 heteroatoms. The molecule has 0 radical (unpaired) electrons. The van der Waals surface area contributed by atoms with E-state index >= 15 is 0 Å². The monoisotopic (exact) mass is 336 g/mol. The number of nitrogens with one attached hydrogen (secondary N) is 1. The van der Waals surface area contributed by atoms with Crippen LogP contribution < -0.4 is 5.32 Å². The molecule has 0 unspecified atom stereocenters. The van der Waals surface area contributed by atoms with Crippen LogP contribution in [0.4, 0.5) is 4.79 Å². The summed E-state index contributed by atoms with van der Waals surface area (Å²) in [6, 6.07) is -0.179. The van der Waals surface area contributed by atoms with Crippen molar-refractivity contribution in [2.75, 3.05) is 45.8 Å². The molecule has 3 rings (SSSR count). The van der Waals surface area contributed by atoms with Crippen LogP contribution in [0.25, 0.3) is 0 Å². The Balaban J connectivity index is 1.45. The number of aromatic nitrogens is 2. The number of piperazine rings is 1. The second kappa shape index (κ2) is 7.27. The molecule has 0 aromatic carbocycles. The van der Waals surface area contributed by atoms with E-state index in [0.717, 1.165) is 38.4 Å². The van der Waals surface area contributed by atoms with E-state index in [2.05, 4.69) is 32.2 Å². The number of aryl methyl sites for hydroxylation is 1. The number of carbonyl (C=O) groups excluding carboxylic acids is 2. The van der Waals surface area contributed by atoms with Gasteiger partial charge in [0.25, 0.3) is 0 Å². The van der Waals surface area contributed by atoms with E-state index in [1.165, 1.54) is 4.90 Å². The Kier molecular flexibility index (Phi) is 5.10. The molecule has 2 aliphatic rings. The first-order chi connectivity index (χ1) is 11.6. The number of imide groups is 1.